The van der Waals surface area contributed by atoms with Gasteiger partial charge in [-0.1, -0.05) is 12.1 Å². The third kappa shape index (κ3) is 1.93. The summed E-state index contributed by atoms with van der Waals surface area (Å²) in [5.41, 5.74) is 9.32. The number of anilines is 1. The molecule has 1 aliphatic rings. The van der Waals surface area contributed by atoms with Gasteiger partial charge >= 0.3 is 0 Å². The third-order valence-electron chi connectivity index (χ3n) is 3.83. The molecule has 0 radical (unpaired) electrons. The molecular weight excluding hydrogens is 248 g/mol. The molecule has 1 aromatic carbocycles. The van der Waals surface area contributed by atoms with Gasteiger partial charge in [0, 0.05) is 18.1 Å². The SMILES string of the molecule is Cc1cccc(N2C(N)=NCC2(C)c2ccncc2)c1. The number of aliphatic imine (C=N–C) groups is 1. The van der Waals surface area contributed by atoms with Crippen LogP contribution in [0, 0.1) is 6.92 Å². The largest absolute Gasteiger partial charge is 0.369 e. The number of aryl methyl sites for hydroxylation is 1. The van der Waals surface area contributed by atoms with Crippen molar-refractivity contribution in [3.8, 4) is 0 Å². The maximum Gasteiger partial charge on any atom is 0.196 e. The van der Waals surface area contributed by atoms with Gasteiger partial charge in [-0.25, -0.2) is 0 Å². The molecule has 0 amide bonds. The van der Waals surface area contributed by atoms with E-state index in [1.165, 1.54) is 11.1 Å². The van der Waals surface area contributed by atoms with E-state index in [4.69, 9.17) is 5.73 Å². The van der Waals surface area contributed by atoms with Crippen molar-refractivity contribution in [2.45, 2.75) is 19.4 Å². The predicted molar refractivity (Wildman–Crippen MR) is 81.7 cm³/mol. The maximum atomic E-state index is 6.13. The number of nitrogens with zero attached hydrogens (tertiary/aromatic N) is 3. The van der Waals surface area contributed by atoms with Gasteiger partial charge in [0.05, 0.1) is 12.1 Å². The van der Waals surface area contributed by atoms with Crippen LogP contribution in [0.5, 0.6) is 0 Å². The minimum Gasteiger partial charge on any atom is -0.369 e. The topological polar surface area (TPSA) is 54.5 Å². The quantitative estimate of drug-likeness (QED) is 0.908. The third-order valence-corrected chi connectivity index (χ3v) is 3.83. The predicted octanol–water partition coefficient (Wildman–Crippen LogP) is 2.44. The normalized spacial score (nSPS) is 21.9. The Hall–Kier alpha value is -2.36. The second-order valence-electron chi connectivity index (χ2n) is 5.36. The van der Waals surface area contributed by atoms with E-state index in [2.05, 4.69) is 46.9 Å². The van der Waals surface area contributed by atoms with Gasteiger partial charge in [-0.05, 0) is 49.2 Å². The first-order valence-electron chi connectivity index (χ1n) is 6.68. The van der Waals surface area contributed by atoms with E-state index in [9.17, 15) is 0 Å². The molecule has 2 heterocycles. The molecule has 1 unspecified atom stereocenters. The Kier molecular flexibility index (Phi) is 2.93. The lowest BCUT2D eigenvalue weighted by Gasteiger charge is -2.36. The van der Waals surface area contributed by atoms with E-state index < -0.39 is 0 Å². The average molecular weight is 266 g/mol. The molecule has 1 aromatic heterocycles. The standard InChI is InChI=1S/C16H18N4/c1-12-4-3-5-14(10-12)20-15(17)19-11-16(20,2)13-6-8-18-9-7-13/h3-10H,11H2,1-2H3,(H2,17,19). The Morgan fingerprint density at radius 3 is 2.65 bits per heavy atom. The highest BCUT2D eigenvalue weighted by molar-refractivity contribution is 5.98. The Labute approximate surface area is 119 Å². The van der Waals surface area contributed by atoms with Gasteiger partial charge in [0.25, 0.3) is 0 Å². The number of nitrogens with two attached hydrogens (primary N) is 1. The first kappa shape index (κ1) is 12.7. The van der Waals surface area contributed by atoms with Crippen LogP contribution in [0.1, 0.15) is 18.1 Å². The van der Waals surface area contributed by atoms with Crippen LogP contribution < -0.4 is 10.6 Å². The van der Waals surface area contributed by atoms with E-state index in [0.717, 1.165) is 5.69 Å². The summed E-state index contributed by atoms with van der Waals surface area (Å²) < 4.78 is 0. The highest BCUT2D eigenvalue weighted by Crippen LogP contribution is 2.36. The number of pyridine rings is 1. The summed E-state index contributed by atoms with van der Waals surface area (Å²) >= 11 is 0. The lowest BCUT2D eigenvalue weighted by molar-refractivity contribution is 0.532. The van der Waals surface area contributed by atoms with E-state index in [1.807, 2.05) is 30.6 Å². The highest BCUT2D eigenvalue weighted by Gasteiger charge is 2.40. The smallest absolute Gasteiger partial charge is 0.196 e. The van der Waals surface area contributed by atoms with Gasteiger partial charge < -0.3 is 10.6 Å². The molecule has 0 fully saturated rings. The zero-order valence-corrected chi connectivity index (χ0v) is 11.7. The van der Waals surface area contributed by atoms with Gasteiger partial charge in [-0.3, -0.25) is 9.98 Å². The number of hydrogen-bond acceptors (Lipinski definition) is 4. The molecule has 2 aromatic rings. The summed E-state index contributed by atoms with van der Waals surface area (Å²) in [6.07, 6.45) is 3.62. The van der Waals surface area contributed by atoms with Crippen LogP contribution in [0.25, 0.3) is 0 Å². The number of aromatic nitrogens is 1. The number of guanidine groups is 1. The molecule has 20 heavy (non-hydrogen) atoms. The maximum absolute atomic E-state index is 6.13. The summed E-state index contributed by atoms with van der Waals surface area (Å²) in [5, 5.41) is 0. The monoisotopic (exact) mass is 266 g/mol. The van der Waals surface area contributed by atoms with Gasteiger partial charge in [-0.2, -0.15) is 0 Å². The van der Waals surface area contributed by atoms with Crippen molar-refractivity contribution in [2.75, 3.05) is 11.4 Å². The lowest BCUT2D eigenvalue weighted by Crippen LogP contribution is -2.47. The summed E-state index contributed by atoms with van der Waals surface area (Å²) in [4.78, 5) is 10.7. The fourth-order valence-electron chi connectivity index (χ4n) is 2.74. The van der Waals surface area contributed by atoms with E-state index in [0.29, 0.717) is 12.5 Å². The molecule has 0 saturated heterocycles. The number of rotatable bonds is 2. The fraction of sp³-hybridized carbons (Fsp3) is 0.250. The van der Waals surface area contributed by atoms with Gasteiger partial charge in [0.2, 0.25) is 0 Å². The van der Waals surface area contributed by atoms with Crippen molar-refractivity contribution in [3.63, 3.8) is 0 Å². The summed E-state index contributed by atoms with van der Waals surface area (Å²) in [6, 6.07) is 12.4. The Morgan fingerprint density at radius 2 is 1.95 bits per heavy atom. The first-order valence-corrected chi connectivity index (χ1v) is 6.68. The van der Waals surface area contributed by atoms with Crippen LogP contribution in [0.4, 0.5) is 5.69 Å². The summed E-state index contributed by atoms with van der Waals surface area (Å²) in [7, 11) is 0. The Balaban J connectivity index is 2.09. The van der Waals surface area contributed by atoms with Gasteiger partial charge in [0.15, 0.2) is 5.96 Å². The Morgan fingerprint density at radius 1 is 1.20 bits per heavy atom. The van der Waals surface area contributed by atoms with Gasteiger partial charge in [-0.15, -0.1) is 0 Å². The second kappa shape index (κ2) is 4.63. The van der Waals surface area contributed by atoms with Crippen LogP contribution >= 0.6 is 0 Å². The van der Waals surface area contributed by atoms with Crippen LogP contribution in [-0.2, 0) is 5.54 Å². The second-order valence-corrected chi connectivity index (χ2v) is 5.36. The summed E-state index contributed by atoms with van der Waals surface area (Å²) in [6.45, 7) is 4.89. The van der Waals surface area contributed by atoms with Crippen molar-refractivity contribution in [3.05, 3.63) is 59.9 Å². The first-order chi connectivity index (χ1) is 9.61. The molecule has 1 atom stereocenters. The molecule has 0 spiro atoms. The van der Waals surface area contributed by atoms with Crippen LogP contribution in [-0.4, -0.2) is 17.5 Å². The van der Waals surface area contributed by atoms with Crippen molar-refractivity contribution in [1.82, 2.24) is 4.98 Å². The van der Waals surface area contributed by atoms with Crippen LogP contribution in [0.15, 0.2) is 53.8 Å². The molecule has 1 aliphatic heterocycles. The highest BCUT2D eigenvalue weighted by atomic mass is 15.4. The average Bonchev–Trinajstić information content (AvgIpc) is 2.77. The lowest BCUT2D eigenvalue weighted by atomic mass is 9.91. The Bertz CT molecular complexity index is 651. The summed E-state index contributed by atoms with van der Waals surface area (Å²) in [5.74, 6) is 0.565. The minimum atomic E-state index is -0.263. The molecule has 102 valence electrons. The zero-order chi connectivity index (χ0) is 14.2. The molecular formula is C16H18N4. The van der Waals surface area contributed by atoms with E-state index in [1.54, 1.807) is 0 Å². The minimum absolute atomic E-state index is 0.263. The molecule has 4 nitrogen and oxygen atoms in total. The van der Waals surface area contributed by atoms with E-state index >= 15 is 0 Å². The van der Waals surface area contributed by atoms with Crippen LogP contribution in [0.3, 0.4) is 0 Å². The van der Waals surface area contributed by atoms with Crippen molar-refractivity contribution in [1.29, 1.82) is 0 Å². The van der Waals surface area contributed by atoms with Crippen molar-refractivity contribution >= 4 is 11.6 Å². The molecule has 3 rings (SSSR count). The number of benzene rings is 1. The van der Waals surface area contributed by atoms with E-state index in [-0.39, 0.29) is 5.54 Å². The van der Waals surface area contributed by atoms with Crippen molar-refractivity contribution < 1.29 is 0 Å². The molecule has 0 aliphatic carbocycles. The molecule has 0 saturated carbocycles. The van der Waals surface area contributed by atoms with Crippen molar-refractivity contribution in [2.24, 2.45) is 10.7 Å². The molecule has 0 bridgehead atoms. The van der Waals surface area contributed by atoms with Crippen LogP contribution in [0.2, 0.25) is 0 Å². The molecule has 2 N–H and O–H groups in total. The van der Waals surface area contributed by atoms with Gasteiger partial charge in [0.1, 0.15) is 0 Å². The fourth-order valence-corrected chi connectivity index (χ4v) is 2.74. The number of hydrogen-bond donors (Lipinski definition) is 1. The zero-order valence-electron chi connectivity index (χ0n) is 11.7. The molecule has 4 heteroatoms.